The highest BCUT2D eigenvalue weighted by Gasteiger charge is 2.18. The zero-order chi connectivity index (χ0) is 27.2. The predicted molar refractivity (Wildman–Crippen MR) is 152 cm³/mol. The van der Waals surface area contributed by atoms with Crippen molar-refractivity contribution in [3.63, 3.8) is 0 Å². The lowest BCUT2D eigenvalue weighted by molar-refractivity contribution is 0.0959. The molecule has 4 rings (SSSR count). The van der Waals surface area contributed by atoms with Crippen LogP contribution in [0.5, 0.6) is 5.75 Å². The van der Waals surface area contributed by atoms with Gasteiger partial charge in [0.15, 0.2) is 11.5 Å². The van der Waals surface area contributed by atoms with Crippen molar-refractivity contribution in [2.75, 3.05) is 22.7 Å². The Balaban J connectivity index is 1.48. The lowest BCUT2D eigenvalue weighted by Crippen LogP contribution is -2.26. The zero-order valence-corrected chi connectivity index (χ0v) is 22.1. The van der Waals surface area contributed by atoms with Gasteiger partial charge in [-0.15, -0.1) is 0 Å². The van der Waals surface area contributed by atoms with E-state index in [2.05, 4.69) is 14.8 Å². The number of fused-ring (bicyclic) bond motifs is 1. The first-order valence-electron chi connectivity index (χ1n) is 12.0. The number of aromatic amines is 1. The summed E-state index contributed by atoms with van der Waals surface area (Å²) in [5.41, 5.74) is 8.73. The van der Waals surface area contributed by atoms with Gasteiger partial charge in [0.2, 0.25) is 0 Å². The van der Waals surface area contributed by atoms with Crippen molar-refractivity contribution in [3.05, 3.63) is 89.4 Å². The van der Waals surface area contributed by atoms with Crippen molar-refractivity contribution >= 4 is 46.2 Å². The van der Waals surface area contributed by atoms with Crippen molar-refractivity contribution in [2.45, 2.75) is 20.3 Å². The molecule has 0 aliphatic heterocycles. The number of aromatic nitrogens is 1. The Morgan fingerprint density at radius 2 is 2.11 bits per heavy atom. The van der Waals surface area contributed by atoms with Crippen LogP contribution < -0.4 is 20.2 Å². The van der Waals surface area contributed by atoms with Crippen molar-refractivity contribution in [2.24, 2.45) is 16.8 Å². The summed E-state index contributed by atoms with van der Waals surface area (Å²) < 4.78 is 37.1. The number of anilines is 2. The zero-order valence-electron chi connectivity index (χ0n) is 21.3. The molecule has 198 valence electrons. The molecule has 0 bridgehead atoms. The molecule has 0 saturated heterocycles. The Bertz CT molecular complexity index is 1460. The van der Waals surface area contributed by atoms with Crippen LogP contribution in [0.2, 0.25) is 0 Å². The normalized spacial score (nSPS) is 14.3. The third kappa shape index (κ3) is 6.15. The van der Waals surface area contributed by atoms with Crippen LogP contribution in [0.25, 0.3) is 10.9 Å². The third-order valence-electron chi connectivity index (χ3n) is 5.94. The molecule has 3 aromatic rings. The van der Waals surface area contributed by atoms with Crippen LogP contribution in [0.4, 0.5) is 20.2 Å². The molecule has 0 spiro atoms. The molecule has 1 aliphatic rings. The van der Waals surface area contributed by atoms with E-state index >= 15 is 0 Å². The van der Waals surface area contributed by atoms with E-state index in [4.69, 9.17) is 10.5 Å². The van der Waals surface area contributed by atoms with Crippen LogP contribution in [-0.2, 0) is 0 Å². The lowest BCUT2D eigenvalue weighted by atomic mass is 10.1. The number of hydrogen-bond donors (Lipinski definition) is 3. The van der Waals surface area contributed by atoms with Crippen molar-refractivity contribution in [3.8, 4) is 5.75 Å². The molecule has 1 atom stereocenters. The number of nitrogens with zero attached hydrogens (tertiary/aromatic N) is 2. The molecule has 0 saturated carbocycles. The quantitative estimate of drug-likeness (QED) is 0.0886. The summed E-state index contributed by atoms with van der Waals surface area (Å²) in [6.45, 7) is 3.67. The molecular weight excluding hydrogens is 508 g/mol. The molecule has 1 aromatic heterocycles. The minimum atomic E-state index is -0.570. The van der Waals surface area contributed by atoms with Gasteiger partial charge in [-0.3, -0.25) is 9.80 Å². The highest BCUT2D eigenvalue weighted by Crippen LogP contribution is 2.29. The molecule has 7 nitrogen and oxygen atoms in total. The van der Waals surface area contributed by atoms with E-state index in [1.807, 2.05) is 6.92 Å². The van der Waals surface area contributed by atoms with E-state index in [-0.39, 0.29) is 30.5 Å². The first kappa shape index (κ1) is 27.2. The number of aryl methyl sites for hydroxylation is 1. The average Bonchev–Trinajstić information content (AvgIpc) is 3.20. The number of benzene rings is 2. The van der Waals surface area contributed by atoms with Crippen molar-refractivity contribution < 1.29 is 18.3 Å². The second-order valence-electron chi connectivity index (χ2n) is 8.72. The monoisotopic (exact) mass is 537 g/mol. The van der Waals surface area contributed by atoms with Gasteiger partial charge < -0.3 is 20.2 Å². The van der Waals surface area contributed by atoms with Crippen LogP contribution in [0.1, 0.15) is 29.4 Å². The van der Waals surface area contributed by atoms with Gasteiger partial charge in [0, 0.05) is 35.9 Å². The van der Waals surface area contributed by atoms with Crippen molar-refractivity contribution in [1.29, 1.82) is 0 Å². The number of halogens is 2. The molecule has 10 heteroatoms. The maximum absolute atomic E-state index is 14.2. The van der Waals surface area contributed by atoms with Crippen molar-refractivity contribution in [1.82, 2.24) is 4.98 Å². The minimum Gasteiger partial charge on any atom is -0.455 e. The topological polar surface area (TPSA) is 95.7 Å². The van der Waals surface area contributed by atoms with Gasteiger partial charge in [-0.1, -0.05) is 30.2 Å². The van der Waals surface area contributed by atoms with E-state index in [0.29, 0.717) is 22.6 Å². The fourth-order valence-electron chi connectivity index (χ4n) is 3.96. The van der Waals surface area contributed by atoms with Gasteiger partial charge in [-0.05, 0) is 55.8 Å². The van der Waals surface area contributed by atoms with Crippen LogP contribution in [0.3, 0.4) is 0 Å². The SMILES string of the molecule is CSNc1cc2cc(C(=O)C(C)/C=N\N(CN)c3ccc(OC4=C(F)CC=CC=C4)cc3C)[nH]c2cc1F. The maximum Gasteiger partial charge on any atom is 0.187 e. The van der Waals surface area contributed by atoms with Gasteiger partial charge >= 0.3 is 0 Å². The van der Waals surface area contributed by atoms with E-state index in [1.165, 1.54) is 24.2 Å². The minimum absolute atomic E-state index is 0.0729. The Morgan fingerprint density at radius 3 is 2.84 bits per heavy atom. The first-order valence-corrected chi connectivity index (χ1v) is 13.2. The highest BCUT2D eigenvalue weighted by atomic mass is 32.2. The number of hydrazone groups is 1. The molecule has 0 radical (unpaired) electrons. The Hall–Kier alpha value is -3.89. The first-order chi connectivity index (χ1) is 18.3. The van der Waals surface area contributed by atoms with E-state index < -0.39 is 11.7 Å². The van der Waals surface area contributed by atoms with Crippen LogP contribution in [0.15, 0.2) is 77.4 Å². The number of Topliss-reactive ketones (excluding diaryl/α,β-unsaturated/α-hetero) is 1. The molecule has 2 aromatic carbocycles. The maximum atomic E-state index is 14.2. The summed E-state index contributed by atoms with van der Waals surface area (Å²) in [6, 6.07) is 10.00. The number of allylic oxidation sites excluding steroid dienone is 5. The fraction of sp³-hybridized carbons (Fsp3) is 0.214. The van der Waals surface area contributed by atoms with E-state index in [1.54, 1.807) is 72.8 Å². The number of nitrogens with one attached hydrogen (secondary N) is 2. The number of H-pyrrole nitrogens is 1. The Labute approximate surface area is 224 Å². The molecule has 1 heterocycles. The summed E-state index contributed by atoms with van der Waals surface area (Å²) in [7, 11) is 0. The van der Waals surface area contributed by atoms with Gasteiger partial charge in [0.25, 0.3) is 0 Å². The molecule has 0 fully saturated rings. The number of nitrogens with two attached hydrogens (primary N) is 1. The Kier molecular flexibility index (Phi) is 8.65. The summed E-state index contributed by atoms with van der Waals surface area (Å²) >= 11 is 1.29. The number of hydrogen-bond acceptors (Lipinski definition) is 7. The summed E-state index contributed by atoms with van der Waals surface area (Å²) in [4.78, 5) is 16.1. The standard InChI is InChI=1S/C28H29F2N5O2S/c1-17-11-20(37-27-8-6-4-5-7-21(27)29)9-10-26(17)35(16-31)32-15-18(2)28(36)25-13-19-12-24(34-38-3)22(30)14-23(19)33-25/h4-6,8-15,18,33-34H,7,16,31H2,1-3H3/b32-15-. The van der Waals surface area contributed by atoms with Crippen LogP contribution >= 0.6 is 11.9 Å². The van der Waals surface area contributed by atoms with Gasteiger partial charge in [0.1, 0.15) is 17.4 Å². The second-order valence-corrected chi connectivity index (χ2v) is 9.33. The van der Waals surface area contributed by atoms with Crippen LogP contribution in [0, 0.1) is 18.7 Å². The molecule has 0 amide bonds. The molecular formula is C28H29F2N5O2S. The predicted octanol–water partition coefficient (Wildman–Crippen LogP) is 6.61. The third-order valence-corrected chi connectivity index (χ3v) is 6.36. The number of ether oxygens (including phenoxy) is 1. The number of carbonyl (C=O) groups is 1. The Morgan fingerprint density at radius 1 is 1.29 bits per heavy atom. The van der Waals surface area contributed by atoms with E-state index in [0.717, 1.165) is 16.6 Å². The van der Waals surface area contributed by atoms with Gasteiger partial charge in [-0.25, -0.2) is 8.78 Å². The highest BCUT2D eigenvalue weighted by molar-refractivity contribution is 7.99. The lowest BCUT2D eigenvalue weighted by Gasteiger charge is -2.20. The number of carbonyl (C=O) groups excluding carboxylic acids is 1. The summed E-state index contributed by atoms with van der Waals surface area (Å²) in [5.74, 6) is -0.862. The fourth-order valence-corrected chi connectivity index (χ4v) is 4.33. The van der Waals surface area contributed by atoms with Gasteiger partial charge in [-0.2, -0.15) is 5.10 Å². The average molecular weight is 538 g/mol. The summed E-state index contributed by atoms with van der Waals surface area (Å²) in [5, 5.41) is 6.74. The second kappa shape index (κ2) is 12.1. The molecule has 1 aliphatic carbocycles. The molecule has 4 N–H and O–H groups in total. The largest absolute Gasteiger partial charge is 0.455 e. The molecule has 1 unspecified atom stereocenters. The smallest absolute Gasteiger partial charge is 0.187 e. The summed E-state index contributed by atoms with van der Waals surface area (Å²) in [6.07, 6.45) is 10.3. The number of ketones is 1. The number of rotatable bonds is 10. The van der Waals surface area contributed by atoms with E-state index in [9.17, 15) is 13.6 Å². The van der Waals surface area contributed by atoms with Crippen LogP contribution in [-0.4, -0.2) is 29.9 Å². The molecule has 38 heavy (non-hydrogen) atoms. The van der Waals surface area contributed by atoms with Gasteiger partial charge in [0.05, 0.1) is 29.7 Å².